The van der Waals surface area contributed by atoms with Gasteiger partial charge in [-0.15, -0.1) is 0 Å². The number of halogens is 1. The van der Waals surface area contributed by atoms with Crippen LogP contribution in [-0.2, 0) is 16.1 Å². The summed E-state index contributed by atoms with van der Waals surface area (Å²) in [6.45, 7) is 3.81. The SMILES string of the molecule is Cc1ncc(C[C@H]2CC[C@H](C(=O)N3OCC[C@H]3c3cc(F)c(C)c(C#N)c3)CC2)cc1C#N. The van der Waals surface area contributed by atoms with Crippen LogP contribution >= 0.6 is 0 Å². The number of aromatic nitrogens is 1. The number of amides is 1. The molecule has 1 saturated heterocycles. The van der Waals surface area contributed by atoms with Crippen LogP contribution in [0.2, 0.25) is 0 Å². The second-order valence-corrected chi connectivity index (χ2v) is 9.10. The summed E-state index contributed by atoms with van der Waals surface area (Å²) in [5, 5.41) is 20.0. The van der Waals surface area contributed by atoms with Crippen LogP contribution in [0.5, 0.6) is 0 Å². The van der Waals surface area contributed by atoms with Crippen LogP contribution in [-0.4, -0.2) is 22.6 Å². The summed E-state index contributed by atoms with van der Waals surface area (Å²) in [7, 11) is 0. The normalized spacial score (nSPS) is 22.6. The Morgan fingerprint density at radius 2 is 1.85 bits per heavy atom. The molecule has 1 aromatic carbocycles. The molecule has 0 spiro atoms. The standard InChI is InChI=1S/C26H27FN4O2/c1-16-22(13-28)11-21(12-24(16)27)25-7-8-33-31(25)26(32)20-5-3-18(4-6-20)9-19-10-23(14-29)17(2)30-15-19/h10-12,15,18,20,25H,3-9H2,1-2H3/t18-,20-,25-/m0/s1. The minimum Gasteiger partial charge on any atom is -0.272 e. The van der Waals surface area contributed by atoms with E-state index in [2.05, 4.69) is 11.1 Å². The van der Waals surface area contributed by atoms with Crippen LogP contribution in [0.15, 0.2) is 24.4 Å². The van der Waals surface area contributed by atoms with Gasteiger partial charge in [-0.1, -0.05) is 0 Å². The number of rotatable bonds is 4. The molecule has 2 fully saturated rings. The van der Waals surface area contributed by atoms with Crippen molar-refractivity contribution >= 4 is 5.91 Å². The van der Waals surface area contributed by atoms with Gasteiger partial charge in [0, 0.05) is 24.1 Å². The number of carbonyl (C=O) groups is 1. The first kappa shape index (κ1) is 22.9. The maximum absolute atomic E-state index is 14.3. The third-order valence-electron chi connectivity index (χ3n) is 6.98. The Labute approximate surface area is 193 Å². The van der Waals surface area contributed by atoms with Gasteiger partial charge in [0.2, 0.25) is 5.91 Å². The lowest BCUT2D eigenvalue weighted by molar-refractivity contribution is -0.183. The monoisotopic (exact) mass is 446 g/mol. The van der Waals surface area contributed by atoms with Crippen molar-refractivity contribution in [3.05, 3.63) is 63.7 Å². The van der Waals surface area contributed by atoms with Crippen LogP contribution in [0.25, 0.3) is 0 Å². The molecular formula is C26H27FN4O2. The molecule has 2 aliphatic rings. The lowest BCUT2D eigenvalue weighted by Crippen LogP contribution is -2.36. The van der Waals surface area contributed by atoms with Crippen molar-refractivity contribution in [1.82, 2.24) is 10.0 Å². The number of nitrogens with zero attached hydrogens (tertiary/aromatic N) is 4. The van der Waals surface area contributed by atoms with Crippen molar-refractivity contribution in [2.75, 3.05) is 6.61 Å². The number of carbonyl (C=O) groups excluding carboxylic acids is 1. The summed E-state index contributed by atoms with van der Waals surface area (Å²) in [5.74, 6) is -0.170. The predicted molar refractivity (Wildman–Crippen MR) is 119 cm³/mol. The van der Waals surface area contributed by atoms with E-state index in [1.165, 1.54) is 11.1 Å². The summed E-state index contributed by atoms with van der Waals surface area (Å²) in [4.78, 5) is 23.3. The first-order valence-corrected chi connectivity index (χ1v) is 11.4. The number of hydroxylamine groups is 2. The molecule has 2 aromatic rings. The molecule has 33 heavy (non-hydrogen) atoms. The summed E-state index contributed by atoms with van der Waals surface area (Å²) in [5.41, 5.74) is 3.63. The van der Waals surface area contributed by atoms with Crippen LogP contribution in [0.3, 0.4) is 0 Å². The Morgan fingerprint density at radius 1 is 1.12 bits per heavy atom. The average Bonchev–Trinajstić information content (AvgIpc) is 3.32. The van der Waals surface area contributed by atoms with E-state index in [0.29, 0.717) is 35.6 Å². The highest BCUT2D eigenvalue weighted by Gasteiger charge is 2.37. The minimum atomic E-state index is -0.436. The van der Waals surface area contributed by atoms with E-state index >= 15 is 0 Å². The third kappa shape index (κ3) is 4.74. The van der Waals surface area contributed by atoms with E-state index in [9.17, 15) is 19.7 Å². The maximum atomic E-state index is 14.3. The van der Waals surface area contributed by atoms with Gasteiger partial charge in [0.15, 0.2) is 0 Å². The molecule has 1 atom stereocenters. The molecule has 0 unspecified atom stereocenters. The van der Waals surface area contributed by atoms with Crippen molar-refractivity contribution in [3.63, 3.8) is 0 Å². The second kappa shape index (κ2) is 9.68. The van der Waals surface area contributed by atoms with E-state index in [1.54, 1.807) is 13.0 Å². The fourth-order valence-corrected chi connectivity index (χ4v) is 4.93. The predicted octanol–water partition coefficient (Wildman–Crippen LogP) is 4.84. The summed E-state index contributed by atoms with van der Waals surface area (Å²) >= 11 is 0. The van der Waals surface area contributed by atoms with Crippen molar-refractivity contribution in [2.45, 2.75) is 58.4 Å². The summed E-state index contributed by atoms with van der Waals surface area (Å²) in [6, 6.07) is 8.85. The zero-order valence-electron chi connectivity index (χ0n) is 19.0. The minimum absolute atomic E-state index is 0.0563. The number of aryl methyl sites for hydroxylation is 1. The van der Waals surface area contributed by atoms with E-state index < -0.39 is 5.82 Å². The van der Waals surface area contributed by atoms with Crippen LogP contribution < -0.4 is 0 Å². The number of benzene rings is 1. The molecule has 2 heterocycles. The smallest absolute Gasteiger partial charge is 0.249 e. The fraction of sp³-hybridized carbons (Fsp3) is 0.462. The highest BCUT2D eigenvalue weighted by Crippen LogP contribution is 2.37. The zero-order chi connectivity index (χ0) is 23.5. The Kier molecular flexibility index (Phi) is 6.72. The average molecular weight is 447 g/mol. The Morgan fingerprint density at radius 3 is 2.55 bits per heavy atom. The van der Waals surface area contributed by atoms with Gasteiger partial charge < -0.3 is 0 Å². The van der Waals surface area contributed by atoms with Gasteiger partial charge in [-0.2, -0.15) is 10.5 Å². The van der Waals surface area contributed by atoms with Gasteiger partial charge in [0.05, 0.1) is 35.5 Å². The van der Waals surface area contributed by atoms with E-state index in [-0.39, 0.29) is 23.4 Å². The molecule has 1 aliphatic heterocycles. The number of pyridine rings is 1. The molecule has 1 saturated carbocycles. The molecule has 7 heteroatoms. The number of hydrogen-bond donors (Lipinski definition) is 0. The molecular weight excluding hydrogens is 419 g/mol. The van der Waals surface area contributed by atoms with E-state index in [4.69, 9.17) is 4.84 Å². The van der Waals surface area contributed by atoms with Crippen molar-refractivity contribution in [3.8, 4) is 12.1 Å². The Balaban J connectivity index is 1.40. The number of hydrogen-bond acceptors (Lipinski definition) is 5. The lowest BCUT2D eigenvalue weighted by Gasteiger charge is -2.32. The molecule has 4 rings (SSSR count). The van der Waals surface area contributed by atoms with Gasteiger partial charge >= 0.3 is 0 Å². The van der Waals surface area contributed by atoms with Gasteiger partial charge in [-0.05, 0) is 81.2 Å². The highest BCUT2D eigenvalue weighted by molar-refractivity contribution is 5.78. The third-order valence-corrected chi connectivity index (χ3v) is 6.98. The van der Waals surface area contributed by atoms with Gasteiger partial charge in [0.25, 0.3) is 0 Å². The van der Waals surface area contributed by atoms with E-state index in [1.807, 2.05) is 25.3 Å². The topological polar surface area (TPSA) is 90.0 Å². The summed E-state index contributed by atoms with van der Waals surface area (Å²) < 4.78 is 14.3. The number of nitriles is 2. The van der Waals surface area contributed by atoms with Crippen LogP contribution in [0.1, 0.15) is 71.7 Å². The summed E-state index contributed by atoms with van der Waals surface area (Å²) in [6.07, 6.45) is 6.65. The Hall–Kier alpha value is -3.29. The van der Waals surface area contributed by atoms with Crippen LogP contribution in [0.4, 0.5) is 4.39 Å². The van der Waals surface area contributed by atoms with Crippen molar-refractivity contribution in [1.29, 1.82) is 10.5 Å². The Bertz CT molecular complexity index is 1140. The molecule has 0 N–H and O–H groups in total. The molecule has 6 nitrogen and oxygen atoms in total. The van der Waals surface area contributed by atoms with E-state index in [0.717, 1.165) is 43.4 Å². The van der Waals surface area contributed by atoms with Gasteiger partial charge in [-0.3, -0.25) is 14.6 Å². The zero-order valence-corrected chi connectivity index (χ0v) is 19.0. The maximum Gasteiger partial charge on any atom is 0.249 e. The molecule has 1 amide bonds. The van der Waals surface area contributed by atoms with Gasteiger partial charge in [-0.25, -0.2) is 9.45 Å². The van der Waals surface area contributed by atoms with Crippen LogP contribution in [0, 0.1) is 54.2 Å². The van der Waals surface area contributed by atoms with Crippen molar-refractivity contribution < 1.29 is 14.0 Å². The first-order chi connectivity index (χ1) is 15.9. The molecule has 170 valence electrons. The first-order valence-electron chi connectivity index (χ1n) is 11.4. The van der Waals surface area contributed by atoms with Gasteiger partial charge in [0.1, 0.15) is 11.9 Å². The molecule has 0 bridgehead atoms. The fourth-order valence-electron chi connectivity index (χ4n) is 4.93. The molecule has 1 aliphatic carbocycles. The molecule has 0 radical (unpaired) electrons. The van der Waals surface area contributed by atoms with Crippen molar-refractivity contribution in [2.24, 2.45) is 11.8 Å². The largest absolute Gasteiger partial charge is 0.272 e. The quantitative estimate of drug-likeness (QED) is 0.671. The lowest BCUT2D eigenvalue weighted by atomic mass is 9.79. The highest BCUT2D eigenvalue weighted by atomic mass is 19.1. The molecule has 1 aromatic heterocycles. The second-order valence-electron chi connectivity index (χ2n) is 9.10.